The summed E-state index contributed by atoms with van der Waals surface area (Å²) < 4.78 is 10.5. The van der Waals surface area contributed by atoms with Crippen molar-refractivity contribution in [3.05, 3.63) is 59.8 Å². The number of aromatic nitrogens is 3. The molecule has 0 saturated carbocycles. The molecule has 7 heteroatoms. The Hall–Kier alpha value is -3.19. The summed E-state index contributed by atoms with van der Waals surface area (Å²) in [5.41, 5.74) is 10.5. The molecule has 0 amide bonds. The Morgan fingerprint density at radius 3 is 2.62 bits per heavy atom. The van der Waals surface area contributed by atoms with Gasteiger partial charge in [0.25, 0.3) is 0 Å². The quantitative estimate of drug-likeness (QED) is 0.627. The molecule has 0 saturated heterocycles. The van der Waals surface area contributed by atoms with Crippen LogP contribution in [0.2, 0.25) is 0 Å². The average molecular weight is 393 g/mol. The summed E-state index contributed by atoms with van der Waals surface area (Å²) in [4.78, 5) is 6.62. The number of rotatable bonds is 8. The Bertz CT molecular complexity index is 1000. The van der Waals surface area contributed by atoms with Crippen molar-refractivity contribution in [1.29, 1.82) is 0 Å². The van der Waals surface area contributed by atoms with Gasteiger partial charge in [0.15, 0.2) is 0 Å². The third-order valence-corrected chi connectivity index (χ3v) is 4.90. The Labute approximate surface area is 171 Å². The van der Waals surface area contributed by atoms with Gasteiger partial charge in [-0.05, 0) is 49.2 Å². The fourth-order valence-corrected chi connectivity index (χ4v) is 3.21. The third-order valence-electron chi connectivity index (χ3n) is 4.90. The van der Waals surface area contributed by atoms with Crippen LogP contribution < -0.4 is 10.5 Å². The highest BCUT2D eigenvalue weighted by molar-refractivity contribution is 5.85. The summed E-state index contributed by atoms with van der Waals surface area (Å²) >= 11 is 0. The maximum Gasteiger partial charge on any atom is 0.233 e. The molecule has 0 radical (unpaired) electrons. The fourth-order valence-electron chi connectivity index (χ4n) is 3.21. The number of pyridine rings is 1. The summed E-state index contributed by atoms with van der Waals surface area (Å²) in [6, 6.07) is 11.9. The molecule has 2 N–H and O–H groups in total. The molecule has 0 aliphatic heterocycles. The van der Waals surface area contributed by atoms with E-state index < -0.39 is 0 Å². The van der Waals surface area contributed by atoms with Gasteiger partial charge in [0.05, 0.1) is 31.5 Å². The number of anilines is 1. The van der Waals surface area contributed by atoms with E-state index in [4.69, 9.17) is 15.2 Å². The number of hydrogen-bond donors (Lipinski definition) is 1. The minimum atomic E-state index is 0.0957. The standard InChI is InChI=1S/C22H27N5O2/c1-14-10-18-11-17(6-8-20(18)24-22(14)23)16(3)27(15(2)13-28-4)12-19-7-9-21(29-5)26-25-19/h6-11,15H,3,12-13H2,1-2,4-5H3,(H2,23,24)/t15-/m1/s1. The van der Waals surface area contributed by atoms with Crippen LogP contribution in [0.5, 0.6) is 5.88 Å². The SMILES string of the molecule is C=C(c1ccc2nc(N)c(C)cc2c1)N(Cc1ccc(OC)nn1)[C@H](C)COC. The topological polar surface area (TPSA) is 86.4 Å². The zero-order valence-electron chi connectivity index (χ0n) is 17.3. The van der Waals surface area contributed by atoms with E-state index in [2.05, 4.69) is 39.7 Å². The molecule has 0 aliphatic carbocycles. The molecule has 0 spiro atoms. The van der Waals surface area contributed by atoms with Crippen LogP contribution >= 0.6 is 0 Å². The number of benzene rings is 1. The van der Waals surface area contributed by atoms with Crippen LogP contribution in [0.1, 0.15) is 23.7 Å². The second-order valence-electron chi connectivity index (χ2n) is 7.04. The molecule has 0 bridgehead atoms. The van der Waals surface area contributed by atoms with E-state index in [1.54, 1.807) is 20.3 Å². The van der Waals surface area contributed by atoms with E-state index >= 15 is 0 Å². The van der Waals surface area contributed by atoms with Gasteiger partial charge in [0.2, 0.25) is 5.88 Å². The van der Waals surface area contributed by atoms with Crippen LogP contribution in [0.15, 0.2) is 43.0 Å². The third kappa shape index (κ3) is 4.63. The normalized spacial score (nSPS) is 12.0. The molecule has 152 valence electrons. The van der Waals surface area contributed by atoms with Gasteiger partial charge in [-0.15, -0.1) is 5.10 Å². The molecule has 3 rings (SSSR count). The van der Waals surface area contributed by atoms with E-state index in [1.807, 2.05) is 31.2 Å². The second kappa shape index (κ2) is 8.87. The van der Waals surface area contributed by atoms with Gasteiger partial charge in [0, 0.05) is 30.3 Å². The molecule has 2 aromatic heterocycles. The van der Waals surface area contributed by atoms with Crippen molar-refractivity contribution >= 4 is 22.4 Å². The van der Waals surface area contributed by atoms with Gasteiger partial charge in [-0.2, -0.15) is 5.10 Å². The zero-order valence-corrected chi connectivity index (χ0v) is 17.3. The predicted molar refractivity (Wildman–Crippen MR) is 115 cm³/mol. The van der Waals surface area contributed by atoms with Crippen molar-refractivity contribution in [3.63, 3.8) is 0 Å². The summed E-state index contributed by atoms with van der Waals surface area (Å²) in [6.45, 7) is 9.53. The number of nitrogens with two attached hydrogens (primary N) is 1. The molecule has 2 heterocycles. The number of nitrogens with zero attached hydrogens (tertiary/aromatic N) is 4. The van der Waals surface area contributed by atoms with Gasteiger partial charge >= 0.3 is 0 Å². The minimum Gasteiger partial charge on any atom is -0.480 e. The van der Waals surface area contributed by atoms with Gasteiger partial charge in [-0.25, -0.2) is 4.98 Å². The lowest BCUT2D eigenvalue weighted by molar-refractivity contribution is 0.128. The number of ether oxygens (including phenoxy) is 2. The maximum absolute atomic E-state index is 5.94. The Balaban J connectivity index is 1.92. The average Bonchev–Trinajstić information content (AvgIpc) is 2.72. The lowest BCUT2D eigenvalue weighted by Crippen LogP contribution is -2.34. The smallest absolute Gasteiger partial charge is 0.233 e. The molecule has 29 heavy (non-hydrogen) atoms. The molecule has 3 aromatic rings. The van der Waals surface area contributed by atoms with Crippen LogP contribution in [0.3, 0.4) is 0 Å². The Morgan fingerprint density at radius 1 is 1.17 bits per heavy atom. The maximum atomic E-state index is 5.94. The number of hydrogen-bond acceptors (Lipinski definition) is 7. The number of methoxy groups -OCH3 is 2. The highest BCUT2D eigenvalue weighted by Crippen LogP contribution is 2.26. The molecule has 0 fully saturated rings. The Kier molecular flexibility index (Phi) is 6.29. The Morgan fingerprint density at radius 2 is 1.97 bits per heavy atom. The zero-order chi connectivity index (χ0) is 21.0. The lowest BCUT2D eigenvalue weighted by atomic mass is 10.1. The van der Waals surface area contributed by atoms with Crippen molar-refractivity contribution in [2.24, 2.45) is 0 Å². The van der Waals surface area contributed by atoms with Crippen molar-refractivity contribution in [2.45, 2.75) is 26.4 Å². The van der Waals surface area contributed by atoms with Crippen molar-refractivity contribution in [2.75, 3.05) is 26.6 Å². The molecule has 7 nitrogen and oxygen atoms in total. The molecule has 1 atom stereocenters. The van der Waals surface area contributed by atoms with Crippen molar-refractivity contribution in [1.82, 2.24) is 20.1 Å². The number of nitrogen functional groups attached to an aromatic ring is 1. The molecular formula is C22H27N5O2. The largest absolute Gasteiger partial charge is 0.480 e. The van der Waals surface area contributed by atoms with E-state index in [9.17, 15) is 0 Å². The van der Waals surface area contributed by atoms with Gasteiger partial charge in [-0.1, -0.05) is 12.6 Å². The van der Waals surface area contributed by atoms with Crippen LogP contribution in [-0.2, 0) is 11.3 Å². The van der Waals surface area contributed by atoms with Crippen LogP contribution in [0, 0.1) is 6.92 Å². The molecule has 0 aliphatic rings. The van der Waals surface area contributed by atoms with E-state index in [1.165, 1.54) is 0 Å². The highest BCUT2D eigenvalue weighted by atomic mass is 16.5. The van der Waals surface area contributed by atoms with E-state index in [0.717, 1.165) is 33.4 Å². The first-order chi connectivity index (χ1) is 13.9. The van der Waals surface area contributed by atoms with Gasteiger partial charge < -0.3 is 20.1 Å². The summed E-state index contributed by atoms with van der Waals surface area (Å²) in [7, 11) is 3.27. The van der Waals surface area contributed by atoms with E-state index in [0.29, 0.717) is 24.8 Å². The highest BCUT2D eigenvalue weighted by Gasteiger charge is 2.19. The number of aryl methyl sites for hydroxylation is 1. The lowest BCUT2D eigenvalue weighted by Gasteiger charge is -2.32. The van der Waals surface area contributed by atoms with Crippen LogP contribution in [-0.4, -0.2) is 46.9 Å². The summed E-state index contributed by atoms with van der Waals surface area (Å²) in [6.07, 6.45) is 0. The first-order valence-corrected chi connectivity index (χ1v) is 9.41. The van der Waals surface area contributed by atoms with Crippen LogP contribution in [0.4, 0.5) is 5.82 Å². The van der Waals surface area contributed by atoms with E-state index in [-0.39, 0.29) is 6.04 Å². The van der Waals surface area contributed by atoms with Gasteiger partial charge in [0.1, 0.15) is 5.82 Å². The van der Waals surface area contributed by atoms with Gasteiger partial charge in [-0.3, -0.25) is 0 Å². The summed E-state index contributed by atoms with van der Waals surface area (Å²) in [5.74, 6) is 1.04. The van der Waals surface area contributed by atoms with Crippen LogP contribution in [0.25, 0.3) is 16.6 Å². The molecule has 1 aromatic carbocycles. The second-order valence-corrected chi connectivity index (χ2v) is 7.04. The van der Waals surface area contributed by atoms with Crippen molar-refractivity contribution in [3.8, 4) is 5.88 Å². The molecule has 0 unspecified atom stereocenters. The van der Waals surface area contributed by atoms with Crippen molar-refractivity contribution < 1.29 is 9.47 Å². The molecular weight excluding hydrogens is 366 g/mol. The first-order valence-electron chi connectivity index (χ1n) is 9.41. The predicted octanol–water partition coefficient (Wildman–Crippen LogP) is 3.43. The first kappa shape index (κ1) is 20.5. The fraction of sp³-hybridized carbons (Fsp3) is 0.318. The summed E-state index contributed by atoms with van der Waals surface area (Å²) in [5, 5.41) is 9.35. The minimum absolute atomic E-state index is 0.0957. The monoisotopic (exact) mass is 393 g/mol. The number of fused-ring (bicyclic) bond motifs is 1.